The molecule has 0 saturated carbocycles. The Morgan fingerprint density at radius 3 is 2.55 bits per heavy atom. The molecule has 3 heteroatoms. The van der Waals surface area contributed by atoms with Crippen molar-refractivity contribution in [2.24, 2.45) is 0 Å². The summed E-state index contributed by atoms with van der Waals surface area (Å²) in [7, 11) is 1.78. The fourth-order valence-electron chi connectivity index (χ4n) is 3.01. The van der Waals surface area contributed by atoms with Gasteiger partial charge in [0.05, 0.1) is 0 Å². The minimum atomic E-state index is 0.237. The van der Waals surface area contributed by atoms with Gasteiger partial charge in [-0.05, 0) is 25.8 Å². The van der Waals surface area contributed by atoms with Crippen LogP contribution >= 0.6 is 0 Å². The molecule has 0 atom stereocenters. The maximum absolute atomic E-state index is 5.15. The van der Waals surface area contributed by atoms with Crippen LogP contribution in [-0.4, -0.2) is 55.2 Å². The molecule has 1 aliphatic heterocycles. The number of piperazine rings is 1. The van der Waals surface area contributed by atoms with Crippen molar-refractivity contribution in [3.05, 3.63) is 35.9 Å². The molecular formula is C17H28N2O. The maximum atomic E-state index is 5.15. The molecule has 0 aliphatic carbocycles. The largest absolute Gasteiger partial charge is 0.385 e. The summed E-state index contributed by atoms with van der Waals surface area (Å²) in [5, 5.41) is 0. The van der Waals surface area contributed by atoms with E-state index in [0.717, 1.165) is 39.2 Å². The lowest BCUT2D eigenvalue weighted by atomic mass is 9.97. The minimum absolute atomic E-state index is 0.237. The summed E-state index contributed by atoms with van der Waals surface area (Å²) in [5.74, 6) is 0. The van der Waals surface area contributed by atoms with Crippen LogP contribution in [0.25, 0.3) is 0 Å². The summed E-state index contributed by atoms with van der Waals surface area (Å²) in [6.45, 7) is 11.2. The zero-order chi connectivity index (χ0) is 14.4. The van der Waals surface area contributed by atoms with Crippen molar-refractivity contribution in [2.45, 2.75) is 32.4 Å². The van der Waals surface area contributed by atoms with Crippen molar-refractivity contribution in [3.63, 3.8) is 0 Å². The molecule has 20 heavy (non-hydrogen) atoms. The van der Waals surface area contributed by atoms with Gasteiger partial charge in [0, 0.05) is 52.0 Å². The van der Waals surface area contributed by atoms with Crippen LogP contribution in [0.4, 0.5) is 0 Å². The highest BCUT2D eigenvalue weighted by atomic mass is 16.5. The van der Waals surface area contributed by atoms with Crippen molar-refractivity contribution in [1.82, 2.24) is 9.80 Å². The summed E-state index contributed by atoms with van der Waals surface area (Å²) >= 11 is 0. The van der Waals surface area contributed by atoms with E-state index in [0.29, 0.717) is 0 Å². The van der Waals surface area contributed by atoms with Gasteiger partial charge in [-0.15, -0.1) is 0 Å². The van der Waals surface area contributed by atoms with Crippen LogP contribution in [0.2, 0.25) is 0 Å². The van der Waals surface area contributed by atoms with Crippen molar-refractivity contribution < 1.29 is 4.74 Å². The van der Waals surface area contributed by atoms with Crippen LogP contribution in [-0.2, 0) is 11.3 Å². The second-order valence-corrected chi connectivity index (χ2v) is 6.34. The van der Waals surface area contributed by atoms with E-state index in [9.17, 15) is 0 Å². The number of rotatable bonds is 6. The molecule has 0 N–H and O–H groups in total. The molecule has 1 aromatic carbocycles. The topological polar surface area (TPSA) is 15.7 Å². The monoisotopic (exact) mass is 276 g/mol. The lowest BCUT2D eigenvalue weighted by Gasteiger charge is -2.47. The van der Waals surface area contributed by atoms with Gasteiger partial charge in [0.2, 0.25) is 0 Å². The highest BCUT2D eigenvalue weighted by Crippen LogP contribution is 2.23. The smallest absolute Gasteiger partial charge is 0.0474 e. The van der Waals surface area contributed by atoms with Gasteiger partial charge in [0.15, 0.2) is 0 Å². The highest BCUT2D eigenvalue weighted by Gasteiger charge is 2.33. The number of hydrogen-bond acceptors (Lipinski definition) is 3. The first-order valence-electron chi connectivity index (χ1n) is 7.62. The van der Waals surface area contributed by atoms with Crippen LogP contribution < -0.4 is 0 Å². The first-order chi connectivity index (χ1) is 9.62. The second-order valence-electron chi connectivity index (χ2n) is 6.34. The Balaban J connectivity index is 1.87. The zero-order valence-corrected chi connectivity index (χ0v) is 13.1. The van der Waals surface area contributed by atoms with Crippen molar-refractivity contribution >= 4 is 0 Å². The van der Waals surface area contributed by atoms with Crippen LogP contribution in [0.3, 0.4) is 0 Å². The molecule has 0 spiro atoms. The van der Waals surface area contributed by atoms with E-state index in [-0.39, 0.29) is 5.54 Å². The van der Waals surface area contributed by atoms with Crippen molar-refractivity contribution in [3.8, 4) is 0 Å². The number of methoxy groups -OCH3 is 1. The van der Waals surface area contributed by atoms with E-state index in [4.69, 9.17) is 4.74 Å². The molecule has 2 rings (SSSR count). The molecule has 0 aromatic heterocycles. The van der Waals surface area contributed by atoms with Crippen molar-refractivity contribution in [2.75, 3.05) is 39.9 Å². The number of nitrogens with zero attached hydrogens (tertiary/aromatic N) is 2. The second kappa shape index (κ2) is 7.21. The van der Waals surface area contributed by atoms with E-state index in [1.165, 1.54) is 12.1 Å². The number of hydrogen-bond donors (Lipinski definition) is 0. The van der Waals surface area contributed by atoms with Gasteiger partial charge in [-0.25, -0.2) is 0 Å². The molecule has 1 saturated heterocycles. The molecule has 112 valence electrons. The summed E-state index contributed by atoms with van der Waals surface area (Å²) in [4.78, 5) is 5.18. The molecule has 0 amide bonds. The van der Waals surface area contributed by atoms with Gasteiger partial charge in [0.1, 0.15) is 0 Å². The predicted octanol–water partition coefficient (Wildman–Crippen LogP) is 2.62. The summed E-state index contributed by atoms with van der Waals surface area (Å²) in [6, 6.07) is 10.8. The van der Waals surface area contributed by atoms with Crippen LogP contribution in [0, 0.1) is 0 Å². The Labute approximate surface area is 123 Å². The predicted molar refractivity (Wildman–Crippen MR) is 83.9 cm³/mol. The van der Waals surface area contributed by atoms with Crippen molar-refractivity contribution in [1.29, 1.82) is 0 Å². The Bertz CT molecular complexity index is 391. The SMILES string of the molecule is COCCCN1CCN(Cc2ccccc2)C(C)(C)C1. The fourth-order valence-corrected chi connectivity index (χ4v) is 3.01. The van der Waals surface area contributed by atoms with E-state index >= 15 is 0 Å². The van der Waals surface area contributed by atoms with Gasteiger partial charge < -0.3 is 9.64 Å². The molecule has 0 radical (unpaired) electrons. The van der Waals surface area contributed by atoms with Gasteiger partial charge in [-0.2, -0.15) is 0 Å². The first kappa shape index (κ1) is 15.5. The zero-order valence-electron chi connectivity index (χ0n) is 13.1. The van der Waals surface area contributed by atoms with Crippen LogP contribution in [0.5, 0.6) is 0 Å². The molecule has 1 aromatic rings. The highest BCUT2D eigenvalue weighted by molar-refractivity contribution is 5.15. The standard InChI is InChI=1S/C17H28N2O/c1-17(2)15-18(10-7-13-20-3)11-12-19(17)14-16-8-5-4-6-9-16/h4-6,8-9H,7,10-15H2,1-3H3. The van der Waals surface area contributed by atoms with Crippen LogP contribution in [0.1, 0.15) is 25.8 Å². The molecule has 1 heterocycles. The molecular weight excluding hydrogens is 248 g/mol. The Morgan fingerprint density at radius 2 is 1.90 bits per heavy atom. The van der Waals surface area contributed by atoms with Gasteiger partial charge in [0.25, 0.3) is 0 Å². The third kappa shape index (κ3) is 4.30. The fraction of sp³-hybridized carbons (Fsp3) is 0.647. The summed E-state index contributed by atoms with van der Waals surface area (Å²) in [5.41, 5.74) is 1.65. The maximum Gasteiger partial charge on any atom is 0.0474 e. The first-order valence-corrected chi connectivity index (χ1v) is 7.62. The minimum Gasteiger partial charge on any atom is -0.385 e. The van der Waals surface area contributed by atoms with E-state index in [1.807, 2.05) is 0 Å². The molecule has 1 aliphatic rings. The third-order valence-electron chi connectivity index (χ3n) is 4.19. The van der Waals surface area contributed by atoms with E-state index in [1.54, 1.807) is 7.11 Å². The van der Waals surface area contributed by atoms with Gasteiger partial charge >= 0.3 is 0 Å². The Kier molecular flexibility index (Phi) is 5.58. The van der Waals surface area contributed by atoms with E-state index in [2.05, 4.69) is 54.0 Å². The average Bonchev–Trinajstić information content (AvgIpc) is 2.43. The summed E-state index contributed by atoms with van der Waals surface area (Å²) < 4.78 is 5.15. The van der Waals surface area contributed by atoms with Crippen LogP contribution in [0.15, 0.2) is 30.3 Å². The molecule has 1 fully saturated rings. The Morgan fingerprint density at radius 1 is 1.15 bits per heavy atom. The Hall–Kier alpha value is -0.900. The normalized spacial score (nSPS) is 20.1. The molecule has 0 bridgehead atoms. The lowest BCUT2D eigenvalue weighted by Crippen LogP contribution is -2.58. The van der Waals surface area contributed by atoms with Gasteiger partial charge in [-0.1, -0.05) is 30.3 Å². The van der Waals surface area contributed by atoms with E-state index < -0.39 is 0 Å². The van der Waals surface area contributed by atoms with Gasteiger partial charge in [-0.3, -0.25) is 4.90 Å². The number of ether oxygens (including phenoxy) is 1. The summed E-state index contributed by atoms with van der Waals surface area (Å²) in [6.07, 6.45) is 1.13. The third-order valence-corrected chi connectivity index (χ3v) is 4.19. The lowest BCUT2D eigenvalue weighted by molar-refractivity contribution is 0.0109. The molecule has 0 unspecified atom stereocenters. The quantitative estimate of drug-likeness (QED) is 0.743. The average molecular weight is 276 g/mol. The number of benzene rings is 1. The molecule has 3 nitrogen and oxygen atoms in total.